The van der Waals surface area contributed by atoms with Crippen molar-refractivity contribution in [2.24, 2.45) is 11.3 Å². The van der Waals surface area contributed by atoms with E-state index in [1.54, 1.807) is 0 Å². The molecular weight excluding hydrogens is 160 g/mol. The highest BCUT2D eigenvalue weighted by molar-refractivity contribution is 4.85. The van der Waals surface area contributed by atoms with E-state index in [1.807, 2.05) is 7.05 Å². The van der Waals surface area contributed by atoms with Gasteiger partial charge in [-0.1, -0.05) is 20.3 Å². The maximum absolute atomic E-state index is 3.51. The quantitative estimate of drug-likeness (QED) is 0.613. The van der Waals surface area contributed by atoms with Crippen molar-refractivity contribution in [3.8, 4) is 0 Å². The third-order valence-electron chi connectivity index (χ3n) is 3.34. The molecule has 2 nitrogen and oxygen atoms in total. The van der Waals surface area contributed by atoms with Crippen LogP contribution < -0.4 is 10.6 Å². The second kappa shape index (κ2) is 4.97. The molecule has 0 atom stereocenters. The van der Waals surface area contributed by atoms with Crippen molar-refractivity contribution in [1.82, 2.24) is 10.6 Å². The lowest BCUT2D eigenvalue weighted by Crippen LogP contribution is -2.40. The van der Waals surface area contributed by atoms with Gasteiger partial charge in [0.1, 0.15) is 0 Å². The largest absolute Gasteiger partial charge is 0.318 e. The van der Waals surface area contributed by atoms with Crippen LogP contribution in [0.15, 0.2) is 0 Å². The predicted molar refractivity (Wildman–Crippen MR) is 57.9 cm³/mol. The fourth-order valence-corrected chi connectivity index (χ4v) is 1.96. The Kier molecular flexibility index (Phi) is 4.20. The Labute approximate surface area is 82.5 Å². The van der Waals surface area contributed by atoms with Gasteiger partial charge in [-0.2, -0.15) is 0 Å². The Hall–Kier alpha value is -0.0800. The Morgan fingerprint density at radius 2 is 1.92 bits per heavy atom. The summed E-state index contributed by atoms with van der Waals surface area (Å²) in [5.41, 5.74) is 0.506. The summed E-state index contributed by atoms with van der Waals surface area (Å²) in [6, 6.07) is 0. The van der Waals surface area contributed by atoms with Crippen LogP contribution in [0.2, 0.25) is 0 Å². The molecule has 0 amide bonds. The van der Waals surface area contributed by atoms with Crippen molar-refractivity contribution < 1.29 is 0 Å². The van der Waals surface area contributed by atoms with E-state index in [4.69, 9.17) is 0 Å². The van der Waals surface area contributed by atoms with E-state index in [2.05, 4.69) is 24.5 Å². The molecule has 0 spiro atoms. The topological polar surface area (TPSA) is 24.1 Å². The molecule has 2 heteroatoms. The first-order chi connectivity index (χ1) is 6.17. The molecular formula is C11H24N2. The maximum atomic E-state index is 3.51. The second-order valence-corrected chi connectivity index (χ2v) is 4.90. The molecule has 0 aromatic carbocycles. The highest BCUT2D eigenvalue weighted by atomic mass is 14.9. The van der Waals surface area contributed by atoms with Crippen LogP contribution in [0.1, 0.15) is 33.1 Å². The summed E-state index contributed by atoms with van der Waals surface area (Å²) >= 11 is 0. The lowest BCUT2D eigenvalue weighted by atomic mass is 9.67. The number of rotatable bonds is 6. The molecule has 0 aromatic heterocycles. The Bertz CT molecular complexity index is 139. The summed E-state index contributed by atoms with van der Waals surface area (Å²) in [5.74, 6) is 0.967. The lowest BCUT2D eigenvalue weighted by molar-refractivity contribution is 0.119. The molecule has 0 saturated heterocycles. The summed E-state index contributed by atoms with van der Waals surface area (Å²) < 4.78 is 0. The second-order valence-electron chi connectivity index (χ2n) is 4.90. The zero-order valence-electron chi connectivity index (χ0n) is 9.32. The van der Waals surface area contributed by atoms with Gasteiger partial charge in [0.15, 0.2) is 0 Å². The molecule has 0 unspecified atom stereocenters. The molecule has 1 aliphatic carbocycles. The first-order valence-electron chi connectivity index (χ1n) is 5.52. The van der Waals surface area contributed by atoms with Gasteiger partial charge in [-0.15, -0.1) is 0 Å². The molecule has 1 rings (SSSR count). The van der Waals surface area contributed by atoms with Gasteiger partial charge in [-0.25, -0.2) is 0 Å². The van der Waals surface area contributed by atoms with Crippen molar-refractivity contribution in [1.29, 1.82) is 0 Å². The number of nitrogens with one attached hydrogen (secondary N) is 2. The number of hydrogen-bond acceptors (Lipinski definition) is 2. The predicted octanol–water partition coefficient (Wildman–Crippen LogP) is 1.62. The van der Waals surface area contributed by atoms with E-state index in [0.717, 1.165) is 19.0 Å². The van der Waals surface area contributed by atoms with Crippen LogP contribution in [0, 0.1) is 11.3 Å². The van der Waals surface area contributed by atoms with E-state index in [-0.39, 0.29) is 0 Å². The maximum Gasteiger partial charge on any atom is 0.00768 e. The van der Waals surface area contributed by atoms with Gasteiger partial charge < -0.3 is 10.6 Å². The van der Waals surface area contributed by atoms with Crippen LogP contribution in [0.25, 0.3) is 0 Å². The first-order valence-corrected chi connectivity index (χ1v) is 5.52. The Morgan fingerprint density at radius 3 is 2.38 bits per heavy atom. The van der Waals surface area contributed by atoms with Crippen LogP contribution in [0.4, 0.5) is 0 Å². The van der Waals surface area contributed by atoms with Crippen LogP contribution >= 0.6 is 0 Å². The highest BCUT2D eigenvalue weighted by Gasteiger charge is 2.33. The number of likely N-dealkylation sites (N-methyl/N-ethyl adjacent to an activating group) is 1. The van der Waals surface area contributed by atoms with Gasteiger partial charge in [0, 0.05) is 19.6 Å². The number of hydrogen-bond donors (Lipinski definition) is 2. The zero-order valence-corrected chi connectivity index (χ0v) is 9.32. The average Bonchev–Trinajstić information content (AvgIpc) is 1.93. The summed E-state index contributed by atoms with van der Waals surface area (Å²) in [6.07, 6.45) is 4.34. The minimum Gasteiger partial charge on any atom is -0.318 e. The fourth-order valence-electron chi connectivity index (χ4n) is 1.96. The van der Waals surface area contributed by atoms with Gasteiger partial charge in [0.2, 0.25) is 0 Å². The standard InChI is InChI=1S/C11H24N2/c1-11(2,10-5-4-6-10)9-13-8-7-12-3/h10,12-13H,4-9H2,1-3H3. The molecule has 0 heterocycles. The van der Waals surface area contributed by atoms with Crippen molar-refractivity contribution in [3.63, 3.8) is 0 Å². The summed E-state index contributed by atoms with van der Waals surface area (Å²) in [6.45, 7) is 8.11. The summed E-state index contributed by atoms with van der Waals surface area (Å²) in [7, 11) is 2.00. The van der Waals surface area contributed by atoms with E-state index < -0.39 is 0 Å². The molecule has 13 heavy (non-hydrogen) atoms. The zero-order chi connectivity index (χ0) is 9.73. The SMILES string of the molecule is CNCCNCC(C)(C)C1CCC1. The van der Waals surface area contributed by atoms with Crippen molar-refractivity contribution in [3.05, 3.63) is 0 Å². The normalized spacial score (nSPS) is 18.7. The molecule has 1 aliphatic rings. The third-order valence-corrected chi connectivity index (χ3v) is 3.34. The first kappa shape index (κ1) is 11.0. The van der Waals surface area contributed by atoms with Gasteiger partial charge in [-0.05, 0) is 31.2 Å². The van der Waals surface area contributed by atoms with Crippen LogP contribution in [0.5, 0.6) is 0 Å². The summed E-state index contributed by atoms with van der Waals surface area (Å²) in [5, 5.41) is 6.66. The van der Waals surface area contributed by atoms with Crippen molar-refractivity contribution in [2.75, 3.05) is 26.7 Å². The Balaban J connectivity index is 2.10. The minimum absolute atomic E-state index is 0.506. The smallest absolute Gasteiger partial charge is 0.00768 e. The molecule has 0 bridgehead atoms. The molecule has 0 radical (unpaired) electrons. The highest BCUT2D eigenvalue weighted by Crippen LogP contribution is 2.40. The monoisotopic (exact) mass is 184 g/mol. The summed E-state index contributed by atoms with van der Waals surface area (Å²) in [4.78, 5) is 0. The molecule has 1 saturated carbocycles. The molecule has 78 valence electrons. The third kappa shape index (κ3) is 3.28. The molecule has 0 aliphatic heterocycles. The van der Waals surface area contributed by atoms with E-state index in [0.29, 0.717) is 5.41 Å². The molecule has 1 fully saturated rings. The van der Waals surface area contributed by atoms with Gasteiger partial charge in [0.05, 0.1) is 0 Å². The van der Waals surface area contributed by atoms with Gasteiger partial charge >= 0.3 is 0 Å². The van der Waals surface area contributed by atoms with Crippen molar-refractivity contribution >= 4 is 0 Å². The van der Waals surface area contributed by atoms with Crippen molar-refractivity contribution in [2.45, 2.75) is 33.1 Å². The van der Waals surface area contributed by atoms with Crippen LogP contribution in [-0.4, -0.2) is 26.7 Å². The molecule has 2 N–H and O–H groups in total. The van der Waals surface area contributed by atoms with Gasteiger partial charge in [0.25, 0.3) is 0 Å². The average molecular weight is 184 g/mol. The lowest BCUT2D eigenvalue weighted by Gasteiger charge is -2.40. The van der Waals surface area contributed by atoms with E-state index >= 15 is 0 Å². The van der Waals surface area contributed by atoms with E-state index in [1.165, 1.54) is 25.8 Å². The Morgan fingerprint density at radius 1 is 1.23 bits per heavy atom. The minimum atomic E-state index is 0.506. The fraction of sp³-hybridized carbons (Fsp3) is 1.00. The van der Waals surface area contributed by atoms with E-state index in [9.17, 15) is 0 Å². The van der Waals surface area contributed by atoms with Crippen LogP contribution in [0.3, 0.4) is 0 Å². The van der Waals surface area contributed by atoms with Crippen LogP contribution in [-0.2, 0) is 0 Å². The van der Waals surface area contributed by atoms with Gasteiger partial charge in [-0.3, -0.25) is 0 Å². The molecule has 0 aromatic rings.